The average molecular weight is 347 g/mol. The largest absolute Gasteiger partial charge is 0.355 e. The summed E-state index contributed by atoms with van der Waals surface area (Å²) in [6.45, 7) is 5.92. The van der Waals surface area contributed by atoms with Gasteiger partial charge in [-0.25, -0.2) is 0 Å². The summed E-state index contributed by atoms with van der Waals surface area (Å²) in [5.41, 5.74) is 1.09. The number of nitrogens with zero attached hydrogens (tertiary/aromatic N) is 3. The van der Waals surface area contributed by atoms with Crippen molar-refractivity contribution in [3.63, 3.8) is 0 Å². The number of hydrogen-bond acceptors (Lipinski definition) is 4. The lowest BCUT2D eigenvalue weighted by Gasteiger charge is -2.35. The first-order valence-corrected chi connectivity index (χ1v) is 9.06. The molecule has 7 nitrogen and oxygen atoms in total. The minimum Gasteiger partial charge on any atom is -0.355 e. The lowest BCUT2D eigenvalue weighted by atomic mass is 10.0. The Hall–Kier alpha value is -2.15. The van der Waals surface area contributed by atoms with E-state index in [2.05, 4.69) is 27.4 Å². The Bertz CT molecular complexity index is 573. The summed E-state index contributed by atoms with van der Waals surface area (Å²) in [6.07, 6.45) is 5.17. The van der Waals surface area contributed by atoms with E-state index in [0.717, 1.165) is 24.6 Å². The number of nitro groups is 1. The lowest BCUT2D eigenvalue weighted by Crippen LogP contribution is -2.45. The molecule has 1 saturated heterocycles. The van der Waals surface area contributed by atoms with Gasteiger partial charge in [-0.1, -0.05) is 25.5 Å². The normalized spacial score (nSPS) is 18.8. The molecule has 1 atom stereocenters. The van der Waals surface area contributed by atoms with Crippen LogP contribution in [0.4, 0.5) is 5.69 Å². The summed E-state index contributed by atoms with van der Waals surface area (Å²) in [6, 6.07) is 7.28. The summed E-state index contributed by atoms with van der Waals surface area (Å²) in [4.78, 5) is 17.1. The number of hydrogen-bond donors (Lipinski definition) is 2. The highest BCUT2D eigenvalue weighted by atomic mass is 16.6. The zero-order valence-electron chi connectivity index (χ0n) is 15.2. The highest BCUT2D eigenvalue weighted by Gasteiger charge is 2.19. The van der Waals surface area contributed by atoms with Crippen molar-refractivity contribution >= 4 is 11.6 Å². The quantitative estimate of drug-likeness (QED) is 0.343. The molecular formula is C18H29N5O2. The maximum atomic E-state index is 10.7. The van der Waals surface area contributed by atoms with Crippen molar-refractivity contribution in [3.05, 3.63) is 39.9 Å². The second kappa shape index (κ2) is 9.98. The van der Waals surface area contributed by atoms with Gasteiger partial charge in [0.1, 0.15) is 0 Å². The number of non-ortho nitro benzene ring substituents is 1. The molecule has 2 rings (SSSR count). The minimum absolute atomic E-state index is 0.110. The van der Waals surface area contributed by atoms with Crippen LogP contribution in [0.2, 0.25) is 0 Å². The van der Waals surface area contributed by atoms with Gasteiger partial charge in [0.25, 0.3) is 5.69 Å². The van der Waals surface area contributed by atoms with Crippen LogP contribution in [-0.4, -0.2) is 48.5 Å². The van der Waals surface area contributed by atoms with Gasteiger partial charge in [0.15, 0.2) is 5.96 Å². The first kappa shape index (κ1) is 19.2. The third-order valence-corrected chi connectivity index (χ3v) is 4.74. The summed E-state index contributed by atoms with van der Waals surface area (Å²) in [7, 11) is 1.75. The molecule has 1 aliphatic heterocycles. The summed E-state index contributed by atoms with van der Waals surface area (Å²) >= 11 is 0. The summed E-state index contributed by atoms with van der Waals surface area (Å²) < 4.78 is 0. The number of nitro benzene ring substituents is 1. The Labute approximate surface area is 149 Å². The third kappa shape index (κ3) is 6.01. The molecule has 0 aliphatic carbocycles. The minimum atomic E-state index is -0.387. The van der Waals surface area contributed by atoms with Gasteiger partial charge in [0.2, 0.25) is 0 Å². The van der Waals surface area contributed by atoms with Gasteiger partial charge in [-0.2, -0.15) is 0 Å². The molecule has 1 heterocycles. The number of rotatable bonds is 7. The van der Waals surface area contributed by atoms with Crippen molar-refractivity contribution in [3.8, 4) is 0 Å². The number of benzene rings is 1. The predicted octanol–water partition coefficient (Wildman–Crippen LogP) is 2.52. The monoisotopic (exact) mass is 347 g/mol. The Balaban J connectivity index is 1.74. The van der Waals surface area contributed by atoms with Crippen molar-refractivity contribution < 1.29 is 4.92 Å². The first-order chi connectivity index (χ1) is 12.1. The maximum Gasteiger partial charge on any atom is 0.269 e. The molecule has 25 heavy (non-hydrogen) atoms. The third-order valence-electron chi connectivity index (χ3n) is 4.74. The second-order valence-electron chi connectivity index (χ2n) is 6.37. The van der Waals surface area contributed by atoms with Crippen molar-refractivity contribution in [2.45, 2.75) is 45.2 Å². The van der Waals surface area contributed by atoms with E-state index >= 15 is 0 Å². The van der Waals surface area contributed by atoms with Crippen LogP contribution in [0.25, 0.3) is 0 Å². The molecule has 2 N–H and O–H groups in total. The first-order valence-electron chi connectivity index (χ1n) is 9.06. The Morgan fingerprint density at radius 1 is 1.32 bits per heavy atom. The Morgan fingerprint density at radius 3 is 2.72 bits per heavy atom. The molecule has 0 saturated carbocycles. The average Bonchev–Trinajstić information content (AvgIpc) is 2.65. The van der Waals surface area contributed by atoms with E-state index in [0.29, 0.717) is 12.6 Å². The van der Waals surface area contributed by atoms with E-state index in [1.165, 1.54) is 44.4 Å². The van der Waals surface area contributed by atoms with E-state index in [4.69, 9.17) is 0 Å². The number of aliphatic imine (C=N–C) groups is 1. The molecule has 1 fully saturated rings. The molecule has 0 aromatic heterocycles. The van der Waals surface area contributed by atoms with Crippen LogP contribution in [0, 0.1) is 10.1 Å². The van der Waals surface area contributed by atoms with Gasteiger partial charge in [-0.05, 0) is 31.4 Å². The highest BCUT2D eigenvalue weighted by Crippen LogP contribution is 2.18. The molecule has 1 aromatic rings. The zero-order valence-corrected chi connectivity index (χ0v) is 15.2. The fourth-order valence-electron chi connectivity index (χ4n) is 3.28. The molecular weight excluding hydrogens is 318 g/mol. The summed E-state index contributed by atoms with van der Waals surface area (Å²) in [5.74, 6) is 0.753. The van der Waals surface area contributed by atoms with Crippen molar-refractivity contribution in [2.75, 3.05) is 26.7 Å². The van der Waals surface area contributed by atoms with E-state index in [1.54, 1.807) is 19.2 Å². The topological polar surface area (TPSA) is 82.8 Å². The molecule has 0 radical (unpaired) electrons. The Morgan fingerprint density at radius 2 is 2.08 bits per heavy atom. The van der Waals surface area contributed by atoms with E-state index in [1.807, 2.05) is 0 Å². The number of guanidine groups is 1. The van der Waals surface area contributed by atoms with Gasteiger partial charge in [-0.15, -0.1) is 0 Å². The fraction of sp³-hybridized carbons (Fsp3) is 0.611. The molecule has 138 valence electrons. The highest BCUT2D eigenvalue weighted by molar-refractivity contribution is 5.79. The van der Waals surface area contributed by atoms with Crippen LogP contribution in [0.15, 0.2) is 29.3 Å². The predicted molar refractivity (Wildman–Crippen MR) is 101 cm³/mol. The van der Waals surface area contributed by atoms with E-state index < -0.39 is 0 Å². The number of nitrogens with one attached hydrogen (secondary N) is 2. The molecule has 0 amide bonds. The zero-order chi connectivity index (χ0) is 18.1. The second-order valence-corrected chi connectivity index (χ2v) is 6.37. The van der Waals surface area contributed by atoms with Crippen molar-refractivity contribution in [1.29, 1.82) is 0 Å². The van der Waals surface area contributed by atoms with Gasteiger partial charge in [0, 0.05) is 44.9 Å². The number of piperidine rings is 1. The van der Waals surface area contributed by atoms with Crippen LogP contribution < -0.4 is 10.6 Å². The number of likely N-dealkylation sites (tertiary alicyclic amines) is 1. The standard InChI is InChI=1S/C18H29N5O2/c1-3-16-6-4-5-12-22(16)13-11-20-18(19-2)21-14-15-7-9-17(10-8-15)23(24)25/h7-10,16H,3-6,11-14H2,1-2H3,(H2,19,20,21). The van der Waals surface area contributed by atoms with Gasteiger partial charge < -0.3 is 10.6 Å². The lowest BCUT2D eigenvalue weighted by molar-refractivity contribution is -0.384. The van der Waals surface area contributed by atoms with Gasteiger partial charge in [-0.3, -0.25) is 20.0 Å². The van der Waals surface area contributed by atoms with Crippen molar-refractivity contribution in [2.24, 2.45) is 4.99 Å². The van der Waals surface area contributed by atoms with Gasteiger partial charge in [0.05, 0.1) is 4.92 Å². The smallest absolute Gasteiger partial charge is 0.269 e. The SMILES string of the molecule is CCC1CCCCN1CCNC(=NC)NCc1ccc([N+](=O)[O-])cc1. The molecule has 1 aromatic carbocycles. The maximum absolute atomic E-state index is 10.7. The van der Waals surface area contributed by atoms with Crippen LogP contribution in [0.3, 0.4) is 0 Å². The van der Waals surface area contributed by atoms with E-state index in [-0.39, 0.29) is 10.6 Å². The molecule has 7 heteroatoms. The Kier molecular flexibility index (Phi) is 7.66. The van der Waals surface area contributed by atoms with Crippen molar-refractivity contribution in [1.82, 2.24) is 15.5 Å². The van der Waals surface area contributed by atoms with Crippen LogP contribution in [0.5, 0.6) is 0 Å². The fourth-order valence-corrected chi connectivity index (χ4v) is 3.28. The molecule has 0 spiro atoms. The van der Waals surface area contributed by atoms with E-state index in [9.17, 15) is 10.1 Å². The molecule has 0 bridgehead atoms. The molecule has 1 aliphatic rings. The molecule has 1 unspecified atom stereocenters. The summed E-state index contributed by atoms with van der Waals surface area (Å²) in [5, 5.41) is 17.3. The van der Waals surface area contributed by atoms with Crippen LogP contribution >= 0.6 is 0 Å². The van der Waals surface area contributed by atoms with Crippen LogP contribution in [-0.2, 0) is 6.54 Å². The van der Waals surface area contributed by atoms with Gasteiger partial charge >= 0.3 is 0 Å². The van der Waals surface area contributed by atoms with Crippen LogP contribution in [0.1, 0.15) is 38.2 Å².